The molecule has 0 heterocycles. The standard InChI is InChI=1S/C7H14ClN/c1-2-6-4-3-5-7(6)9-8/h6-7,9H,2-5H2,1H3/t6-,7-/m1/s1. The first-order chi connectivity index (χ1) is 4.38. The molecule has 1 nitrogen and oxygen atoms in total. The van der Waals surface area contributed by atoms with E-state index in [1.165, 1.54) is 25.7 Å². The first-order valence-corrected chi connectivity index (χ1v) is 4.12. The quantitative estimate of drug-likeness (QED) is 0.592. The van der Waals surface area contributed by atoms with Gasteiger partial charge in [0.15, 0.2) is 0 Å². The maximum Gasteiger partial charge on any atom is 0.0249 e. The van der Waals surface area contributed by atoms with Gasteiger partial charge >= 0.3 is 0 Å². The van der Waals surface area contributed by atoms with Crippen LogP contribution < -0.4 is 4.84 Å². The van der Waals surface area contributed by atoms with Crippen molar-refractivity contribution < 1.29 is 0 Å². The van der Waals surface area contributed by atoms with Gasteiger partial charge in [-0.25, -0.2) is 4.84 Å². The van der Waals surface area contributed by atoms with E-state index in [4.69, 9.17) is 11.8 Å². The Kier molecular flexibility index (Phi) is 2.80. The zero-order valence-electron chi connectivity index (χ0n) is 5.86. The smallest absolute Gasteiger partial charge is 0.0249 e. The molecule has 0 aliphatic heterocycles. The Balaban J connectivity index is 2.32. The van der Waals surface area contributed by atoms with Crippen molar-refractivity contribution in [3.63, 3.8) is 0 Å². The fraction of sp³-hybridized carbons (Fsp3) is 1.00. The third-order valence-electron chi connectivity index (χ3n) is 2.32. The molecule has 0 aromatic rings. The van der Waals surface area contributed by atoms with Crippen LogP contribution in [-0.2, 0) is 0 Å². The normalized spacial score (nSPS) is 35.3. The molecule has 1 aliphatic rings. The van der Waals surface area contributed by atoms with Gasteiger partial charge in [0, 0.05) is 6.04 Å². The summed E-state index contributed by atoms with van der Waals surface area (Å²) in [6, 6.07) is 0.594. The summed E-state index contributed by atoms with van der Waals surface area (Å²) in [6.45, 7) is 2.23. The molecule has 1 N–H and O–H groups in total. The van der Waals surface area contributed by atoms with Crippen molar-refractivity contribution in [3.8, 4) is 0 Å². The number of nitrogens with one attached hydrogen (secondary N) is 1. The molecule has 0 radical (unpaired) electrons. The van der Waals surface area contributed by atoms with Crippen molar-refractivity contribution in [2.75, 3.05) is 0 Å². The number of halogens is 1. The zero-order valence-corrected chi connectivity index (χ0v) is 6.62. The predicted octanol–water partition coefficient (Wildman–Crippen LogP) is 2.31. The molecule has 2 atom stereocenters. The summed E-state index contributed by atoms with van der Waals surface area (Å²) in [6.07, 6.45) is 5.25. The van der Waals surface area contributed by atoms with E-state index in [0.29, 0.717) is 6.04 Å². The van der Waals surface area contributed by atoms with Crippen molar-refractivity contribution in [2.45, 2.75) is 38.6 Å². The maximum atomic E-state index is 5.53. The third-order valence-corrected chi connectivity index (χ3v) is 2.60. The van der Waals surface area contributed by atoms with Crippen LogP contribution in [0.1, 0.15) is 32.6 Å². The van der Waals surface area contributed by atoms with Crippen LogP contribution >= 0.6 is 11.8 Å². The Bertz CT molecular complexity index is 75.0. The second-order valence-corrected chi connectivity index (χ2v) is 3.03. The van der Waals surface area contributed by atoms with Gasteiger partial charge in [0.2, 0.25) is 0 Å². The molecule has 0 aromatic heterocycles. The number of rotatable bonds is 2. The molecule has 0 bridgehead atoms. The minimum Gasteiger partial charge on any atom is -0.230 e. The topological polar surface area (TPSA) is 12.0 Å². The van der Waals surface area contributed by atoms with E-state index < -0.39 is 0 Å². The monoisotopic (exact) mass is 147 g/mol. The van der Waals surface area contributed by atoms with Crippen LogP contribution in [0.4, 0.5) is 0 Å². The van der Waals surface area contributed by atoms with E-state index in [-0.39, 0.29) is 0 Å². The summed E-state index contributed by atoms with van der Waals surface area (Å²) in [4.78, 5) is 2.84. The Morgan fingerprint density at radius 1 is 1.56 bits per heavy atom. The van der Waals surface area contributed by atoms with Crippen LogP contribution in [-0.4, -0.2) is 6.04 Å². The number of hydrogen-bond donors (Lipinski definition) is 1. The molecule has 0 saturated heterocycles. The lowest BCUT2D eigenvalue weighted by Crippen LogP contribution is -2.24. The van der Waals surface area contributed by atoms with E-state index in [1.807, 2.05) is 0 Å². The van der Waals surface area contributed by atoms with Crippen LogP contribution in [0.3, 0.4) is 0 Å². The highest BCUT2D eigenvalue weighted by atomic mass is 35.5. The van der Waals surface area contributed by atoms with E-state index in [9.17, 15) is 0 Å². The summed E-state index contributed by atoms with van der Waals surface area (Å²) >= 11 is 5.53. The average molecular weight is 148 g/mol. The minimum absolute atomic E-state index is 0.594. The molecular formula is C7H14ClN. The first kappa shape index (κ1) is 7.36. The molecule has 0 unspecified atom stereocenters. The Labute approximate surface area is 61.9 Å². The molecule has 9 heavy (non-hydrogen) atoms. The predicted molar refractivity (Wildman–Crippen MR) is 40.4 cm³/mol. The van der Waals surface area contributed by atoms with Crippen LogP contribution in [0.25, 0.3) is 0 Å². The fourth-order valence-corrected chi connectivity index (χ4v) is 1.96. The van der Waals surface area contributed by atoms with Crippen LogP contribution in [0.2, 0.25) is 0 Å². The van der Waals surface area contributed by atoms with E-state index in [0.717, 1.165) is 5.92 Å². The molecule has 2 heteroatoms. The molecule has 0 spiro atoms. The van der Waals surface area contributed by atoms with Crippen molar-refractivity contribution in [1.82, 2.24) is 4.84 Å². The van der Waals surface area contributed by atoms with Gasteiger partial charge in [0.1, 0.15) is 0 Å². The van der Waals surface area contributed by atoms with Crippen LogP contribution in [0.5, 0.6) is 0 Å². The lowest BCUT2D eigenvalue weighted by atomic mass is 10.0. The molecule has 1 saturated carbocycles. The molecule has 54 valence electrons. The van der Waals surface area contributed by atoms with E-state index >= 15 is 0 Å². The van der Waals surface area contributed by atoms with Gasteiger partial charge in [0.05, 0.1) is 0 Å². The van der Waals surface area contributed by atoms with Crippen LogP contribution in [0, 0.1) is 5.92 Å². The molecule has 1 aliphatic carbocycles. The van der Waals surface area contributed by atoms with Gasteiger partial charge in [-0.05, 0) is 30.5 Å². The van der Waals surface area contributed by atoms with Crippen molar-refractivity contribution in [1.29, 1.82) is 0 Å². The molecule has 1 fully saturated rings. The zero-order chi connectivity index (χ0) is 6.69. The Morgan fingerprint density at radius 3 is 2.78 bits per heavy atom. The van der Waals surface area contributed by atoms with Gasteiger partial charge in [0.25, 0.3) is 0 Å². The minimum atomic E-state index is 0.594. The molecule has 0 amide bonds. The van der Waals surface area contributed by atoms with Gasteiger partial charge in [-0.15, -0.1) is 0 Å². The van der Waals surface area contributed by atoms with Gasteiger partial charge < -0.3 is 0 Å². The van der Waals surface area contributed by atoms with Crippen LogP contribution in [0.15, 0.2) is 0 Å². The number of hydrogen-bond acceptors (Lipinski definition) is 1. The SMILES string of the molecule is CC[C@@H]1CCC[C@H]1NCl. The average Bonchev–Trinajstić information content (AvgIpc) is 2.33. The van der Waals surface area contributed by atoms with Crippen molar-refractivity contribution in [2.24, 2.45) is 5.92 Å². The molecular weight excluding hydrogens is 134 g/mol. The largest absolute Gasteiger partial charge is 0.230 e. The third kappa shape index (κ3) is 1.59. The van der Waals surface area contributed by atoms with E-state index in [2.05, 4.69) is 11.8 Å². The first-order valence-electron chi connectivity index (χ1n) is 3.74. The second-order valence-electron chi connectivity index (χ2n) is 2.81. The Morgan fingerprint density at radius 2 is 2.33 bits per heavy atom. The molecule has 1 rings (SSSR count). The summed E-state index contributed by atoms with van der Waals surface area (Å²) in [5.41, 5.74) is 0. The summed E-state index contributed by atoms with van der Waals surface area (Å²) in [5.74, 6) is 0.836. The lowest BCUT2D eigenvalue weighted by molar-refractivity contribution is 0.444. The molecule has 0 aromatic carbocycles. The van der Waals surface area contributed by atoms with Crippen molar-refractivity contribution in [3.05, 3.63) is 0 Å². The van der Waals surface area contributed by atoms with Gasteiger partial charge in [-0.3, -0.25) is 0 Å². The summed E-state index contributed by atoms with van der Waals surface area (Å²) < 4.78 is 0. The fourth-order valence-electron chi connectivity index (χ4n) is 1.67. The highest BCUT2D eigenvalue weighted by molar-refractivity contribution is 6.13. The van der Waals surface area contributed by atoms with Gasteiger partial charge in [-0.2, -0.15) is 0 Å². The van der Waals surface area contributed by atoms with Gasteiger partial charge in [-0.1, -0.05) is 19.8 Å². The summed E-state index contributed by atoms with van der Waals surface area (Å²) in [5, 5.41) is 0. The summed E-state index contributed by atoms with van der Waals surface area (Å²) in [7, 11) is 0. The van der Waals surface area contributed by atoms with Crippen molar-refractivity contribution >= 4 is 11.8 Å². The highest BCUT2D eigenvalue weighted by Crippen LogP contribution is 2.28. The second kappa shape index (κ2) is 3.43. The Hall–Kier alpha value is 0.250. The lowest BCUT2D eigenvalue weighted by Gasteiger charge is -2.14. The highest BCUT2D eigenvalue weighted by Gasteiger charge is 2.24. The van der Waals surface area contributed by atoms with E-state index in [1.54, 1.807) is 0 Å². The maximum absolute atomic E-state index is 5.53.